The molecule has 1 unspecified atom stereocenters. The molecule has 92 valence electrons. The van der Waals surface area contributed by atoms with Gasteiger partial charge in [0.25, 0.3) is 0 Å². The van der Waals surface area contributed by atoms with Gasteiger partial charge in [0.05, 0.1) is 5.54 Å². The zero-order valence-electron chi connectivity index (χ0n) is 9.99. The summed E-state index contributed by atoms with van der Waals surface area (Å²) in [7, 11) is 0. The van der Waals surface area contributed by atoms with Crippen molar-refractivity contribution >= 4 is 11.6 Å². The summed E-state index contributed by atoms with van der Waals surface area (Å²) >= 11 is 0. The lowest BCUT2D eigenvalue weighted by molar-refractivity contribution is -0.122. The number of hydrogen-bond acceptors (Lipinski definition) is 3. The summed E-state index contributed by atoms with van der Waals surface area (Å²) in [5.74, 6) is 0.149. The van der Waals surface area contributed by atoms with E-state index in [1.807, 2.05) is 6.92 Å². The van der Waals surface area contributed by atoms with E-state index in [9.17, 15) is 9.90 Å². The molecule has 0 spiro atoms. The van der Waals surface area contributed by atoms with Crippen molar-refractivity contribution in [3.05, 3.63) is 24.3 Å². The first-order valence-electron chi connectivity index (χ1n) is 6.02. The van der Waals surface area contributed by atoms with Crippen LogP contribution in [0.25, 0.3) is 0 Å². The van der Waals surface area contributed by atoms with Gasteiger partial charge in [-0.3, -0.25) is 4.79 Å². The van der Waals surface area contributed by atoms with Crippen molar-refractivity contribution in [2.45, 2.75) is 31.7 Å². The lowest BCUT2D eigenvalue weighted by Crippen LogP contribution is -2.50. The highest BCUT2D eigenvalue weighted by Crippen LogP contribution is 2.25. The molecule has 4 nitrogen and oxygen atoms in total. The molecule has 1 aromatic rings. The Bertz CT molecular complexity index is 412. The quantitative estimate of drug-likeness (QED) is 0.748. The van der Waals surface area contributed by atoms with Gasteiger partial charge in [0.15, 0.2) is 0 Å². The number of hydrogen-bond donors (Lipinski definition) is 3. The number of phenolic OH excluding ortho intramolecular Hbond substituents is 1. The normalized spacial score (nSPS) is 23.6. The molecule has 1 saturated heterocycles. The predicted octanol–water partition coefficient (Wildman–Crippen LogP) is 1.86. The summed E-state index contributed by atoms with van der Waals surface area (Å²) in [6.45, 7) is 2.90. The van der Waals surface area contributed by atoms with E-state index in [1.54, 1.807) is 24.3 Å². The highest BCUT2D eigenvalue weighted by Gasteiger charge is 2.38. The SMILES string of the molecule is CCC1(C(=O)Nc2cccc(O)c2)CCCN1. The van der Waals surface area contributed by atoms with E-state index in [1.165, 1.54) is 0 Å². The molecule has 1 atom stereocenters. The second-order valence-electron chi connectivity index (χ2n) is 4.47. The Kier molecular flexibility index (Phi) is 3.33. The van der Waals surface area contributed by atoms with Crippen LogP contribution in [-0.2, 0) is 4.79 Å². The Morgan fingerprint density at radius 3 is 3.00 bits per heavy atom. The molecular formula is C13H18N2O2. The molecule has 1 fully saturated rings. The molecule has 1 aliphatic rings. The topological polar surface area (TPSA) is 61.4 Å². The van der Waals surface area contributed by atoms with E-state index < -0.39 is 5.54 Å². The third-order valence-corrected chi connectivity index (χ3v) is 3.39. The molecule has 17 heavy (non-hydrogen) atoms. The minimum absolute atomic E-state index is 0.0110. The highest BCUT2D eigenvalue weighted by molar-refractivity contribution is 5.98. The maximum Gasteiger partial charge on any atom is 0.244 e. The van der Waals surface area contributed by atoms with Crippen LogP contribution < -0.4 is 10.6 Å². The van der Waals surface area contributed by atoms with Gasteiger partial charge < -0.3 is 15.7 Å². The summed E-state index contributed by atoms with van der Waals surface area (Å²) in [6, 6.07) is 6.62. The number of rotatable bonds is 3. The van der Waals surface area contributed by atoms with Crippen molar-refractivity contribution in [3.8, 4) is 5.75 Å². The number of anilines is 1. The van der Waals surface area contributed by atoms with Crippen LogP contribution in [0.5, 0.6) is 5.75 Å². The average Bonchev–Trinajstić information content (AvgIpc) is 2.78. The van der Waals surface area contributed by atoms with Crippen molar-refractivity contribution < 1.29 is 9.90 Å². The molecule has 1 aromatic carbocycles. The van der Waals surface area contributed by atoms with Crippen LogP contribution in [0.1, 0.15) is 26.2 Å². The Morgan fingerprint density at radius 1 is 1.59 bits per heavy atom. The summed E-state index contributed by atoms with van der Waals surface area (Å²) < 4.78 is 0. The van der Waals surface area contributed by atoms with E-state index in [2.05, 4.69) is 10.6 Å². The van der Waals surface area contributed by atoms with Crippen LogP contribution >= 0.6 is 0 Å². The second-order valence-corrected chi connectivity index (χ2v) is 4.47. The molecule has 1 amide bonds. The largest absolute Gasteiger partial charge is 0.508 e. The van der Waals surface area contributed by atoms with Crippen LogP contribution in [0, 0.1) is 0 Å². The first-order valence-corrected chi connectivity index (χ1v) is 6.02. The Balaban J connectivity index is 2.10. The Morgan fingerprint density at radius 2 is 2.41 bits per heavy atom. The number of phenols is 1. The zero-order valence-corrected chi connectivity index (χ0v) is 9.99. The highest BCUT2D eigenvalue weighted by atomic mass is 16.3. The zero-order chi connectivity index (χ0) is 12.3. The molecule has 1 aliphatic heterocycles. The van der Waals surface area contributed by atoms with Crippen LogP contribution in [0.15, 0.2) is 24.3 Å². The first-order chi connectivity index (χ1) is 8.16. The second kappa shape index (κ2) is 4.75. The molecule has 0 saturated carbocycles. The van der Waals surface area contributed by atoms with Gasteiger partial charge in [0.1, 0.15) is 5.75 Å². The molecular weight excluding hydrogens is 216 g/mol. The van der Waals surface area contributed by atoms with Crippen LogP contribution in [0.4, 0.5) is 5.69 Å². The van der Waals surface area contributed by atoms with E-state index in [-0.39, 0.29) is 11.7 Å². The van der Waals surface area contributed by atoms with E-state index in [4.69, 9.17) is 0 Å². The molecule has 0 bridgehead atoms. The van der Waals surface area contributed by atoms with Crippen molar-refractivity contribution in [2.75, 3.05) is 11.9 Å². The van der Waals surface area contributed by atoms with Crippen LogP contribution in [0.3, 0.4) is 0 Å². The Hall–Kier alpha value is -1.55. The van der Waals surface area contributed by atoms with Gasteiger partial charge in [-0.2, -0.15) is 0 Å². The fourth-order valence-corrected chi connectivity index (χ4v) is 2.30. The summed E-state index contributed by atoms with van der Waals surface area (Å²) in [6.07, 6.45) is 2.67. The van der Waals surface area contributed by atoms with Gasteiger partial charge in [0.2, 0.25) is 5.91 Å². The molecule has 4 heteroatoms. The van der Waals surface area contributed by atoms with Gasteiger partial charge in [0, 0.05) is 11.8 Å². The predicted molar refractivity (Wildman–Crippen MR) is 67.0 cm³/mol. The average molecular weight is 234 g/mol. The molecule has 3 N–H and O–H groups in total. The smallest absolute Gasteiger partial charge is 0.244 e. The molecule has 0 radical (unpaired) electrons. The van der Waals surface area contributed by atoms with Gasteiger partial charge in [-0.15, -0.1) is 0 Å². The number of benzene rings is 1. The minimum Gasteiger partial charge on any atom is -0.508 e. The third kappa shape index (κ3) is 2.42. The summed E-state index contributed by atoms with van der Waals surface area (Å²) in [4.78, 5) is 12.2. The maximum absolute atomic E-state index is 12.2. The van der Waals surface area contributed by atoms with Gasteiger partial charge in [-0.25, -0.2) is 0 Å². The van der Waals surface area contributed by atoms with E-state index in [0.29, 0.717) is 5.69 Å². The summed E-state index contributed by atoms with van der Waals surface area (Å²) in [5.41, 5.74) is 0.197. The van der Waals surface area contributed by atoms with Crippen molar-refractivity contribution in [2.24, 2.45) is 0 Å². The molecule has 1 heterocycles. The first kappa shape index (κ1) is 11.9. The van der Waals surface area contributed by atoms with Gasteiger partial charge >= 0.3 is 0 Å². The number of aromatic hydroxyl groups is 1. The van der Waals surface area contributed by atoms with E-state index >= 15 is 0 Å². The van der Waals surface area contributed by atoms with Crippen molar-refractivity contribution in [1.82, 2.24) is 5.32 Å². The fourth-order valence-electron chi connectivity index (χ4n) is 2.30. The van der Waals surface area contributed by atoms with Gasteiger partial charge in [-0.1, -0.05) is 13.0 Å². The minimum atomic E-state index is -0.439. The number of carbonyl (C=O) groups is 1. The monoisotopic (exact) mass is 234 g/mol. The fraction of sp³-hybridized carbons (Fsp3) is 0.462. The molecule has 0 aromatic heterocycles. The molecule has 2 rings (SSSR count). The van der Waals surface area contributed by atoms with Crippen molar-refractivity contribution in [1.29, 1.82) is 0 Å². The number of amides is 1. The standard InChI is InChI=1S/C13H18N2O2/c1-2-13(7-4-8-14-13)12(17)15-10-5-3-6-11(16)9-10/h3,5-6,9,14,16H,2,4,7-8H2,1H3,(H,15,17). The number of carbonyl (C=O) groups excluding carboxylic acids is 1. The maximum atomic E-state index is 12.2. The molecule has 0 aliphatic carbocycles. The lowest BCUT2D eigenvalue weighted by Gasteiger charge is -2.26. The van der Waals surface area contributed by atoms with Crippen LogP contribution in [-0.4, -0.2) is 23.1 Å². The lowest BCUT2D eigenvalue weighted by atomic mass is 9.93. The number of nitrogens with one attached hydrogen (secondary N) is 2. The van der Waals surface area contributed by atoms with Gasteiger partial charge in [-0.05, 0) is 37.9 Å². The van der Waals surface area contributed by atoms with Crippen LogP contribution in [0.2, 0.25) is 0 Å². The third-order valence-electron chi connectivity index (χ3n) is 3.39. The van der Waals surface area contributed by atoms with E-state index in [0.717, 1.165) is 25.8 Å². The summed E-state index contributed by atoms with van der Waals surface area (Å²) in [5, 5.41) is 15.5. The Labute approximate surface area is 101 Å². The van der Waals surface area contributed by atoms with Crippen molar-refractivity contribution in [3.63, 3.8) is 0 Å².